The predicted octanol–water partition coefficient (Wildman–Crippen LogP) is 3.66. The minimum atomic E-state index is -0.285. The van der Waals surface area contributed by atoms with E-state index in [1.807, 2.05) is 0 Å². The second-order valence-corrected chi connectivity index (χ2v) is 9.25. The molecule has 1 saturated heterocycles. The molecule has 30 heavy (non-hydrogen) atoms. The zero-order chi connectivity index (χ0) is 20.9. The van der Waals surface area contributed by atoms with E-state index in [-0.39, 0.29) is 11.8 Å². The number of nitrogens with one attached hydrogen (secondary N) is 2. The van der Waals surface area contributed by atoms with Gasteiger partial charge >= 0.3 is 0 Å². The summed E-state index contributed by atoms with van der Waals surface area (Å²) >= 11 is 1.35. The molecule has 1 aromatic carbocycles. The Bertz CT molecular complexity index is 895. The zero-order valence-corrected chi connectivity index (χ0v) is 18.2. The van der Waals surface area contributed by atoms with E-state index in [0.29, 0.717) is 34.8 Å². The molecule has 0 bridgehead atoms. The van der Waals surface area contributed by atoms with E-state index in [0.717, 1.165) is 37.4 Å². The van der Waals surface area contributed by atoms with Gasteiger partial charge in [0.25, 0.3) is 11.8 Å². The topological polar surface area (TPSA) is 87.2 Å². The lowest BCUT2D eigenvalue weighted by Crippen LogP contribution is -2.39. The van der Waals surface area contributed by atoms with Crippen LogP contribution in [-0.4, -0.2) is 52.6 Å². The van der Waals surface area contributed by atoms with Gasteiger partial charge in [0, 0.05) is 36.3 Å². The van der Waals surface area contributed by atoms with Crippen molar-refractivity contribution in [2.45, 2.75) is 57.4 Å². The summed E-state index contributed by atoms with van der Waals surface area (Å²) in [6, 6.07) is 7.64. The van der Waals surface area contributed by atoms with Crippen LogP contribution in [0.15, 0.2) is 24.3 Å². The number of hydrogen-bond donors (Lipinski definition) is 2. The molecule has 2 heterocycles. The number of benzene rings is 1. The number of likely N-dealkylation sites (tertiary alicyclic amines) is 1. The molecule has 160 valence electrons. The van der Waals surface area contributed by atoms with Crippen molar-refractivity contribution in [2.24, 2.45) is 0 Å². The van der Waals surface area contributed by atoms with E-state index in [4.69, 9.17) is 0 Å². The van der Waals surface area contributed by atoms with Crippen molar-refractivity contribution in [3.8, 4) is 0 Å². The highest BCUT2D eigenvalue weighted by Crippen LogP contribution is 2.41. The minimum Gasteiger partial charge on any atom is -0.352 e. The first-order valence-electron chi connectivity index (χ1n) is 10.9. The zero-order valence-electron chi connectivity index (χ0n) is 17.4. The Morgan fingerprint density at radius 3 is 2.83 bits per heavy atom. The molecule has 7 nitrogen and oxygen atoms in total. The quantitative estimate of drug-likeness (QED) is 0.628. The molecular formula is C22H29N5O2S. The Morgan fingerprint density at radius 1 is 1.17 bits per heavy atom. The van der Waals surface area contributed by atoms with Crippen LogP contribution in [0, 0.1) is 0 Å². The van der Waals surface area contributed by atoms with Crippen molar-refractivity contribution in [3.05, 3.63) is 39.8 Å². The minimum absolute atomic E-state index is 0.121. The number of rotatable bonds is 8. The number of anilines is 1. The van der Waals surface area contributed by atoms with Crippen LogP contribution in [0.5, 0.6) is 0 Å². The highest BCUT2D eigenvalue weighted by atomic mass is 32.1. The number of carbonyl (C=O) groups excluding carboxylic acids is 2. The number of nitrogens with zero attached hydrogens (tertiary/aromatic N) is 3. The van der Waals surface area contributed by atoms with Crippen molar-refractivity contribution in [3.63, 3.8) is 0 Å². The Balaban J connectivity index is 1.25. The molecule has 2 fully saturated rings. The van der Waals surface area contributed by atoms with Crippen LogP contribution in [-0.2, 0) is 0 Å². The fourth-order valence-corrected chi connectivity index (χ4v) is 4.73. The average Bonchev–Trinajstić information content (AvgIpc) is 3.48. The predicted molar refractivity (Wildman–Crippen MR) is 118 cm³/mol. The number of amides is 2. The maximum atomic E-state index is 12.5. The summed E-state index contributed by atoms with van der Waals surface area (Å²) in [5.74, 6) is 0.0755. The van der Waals surface area contributed by atoms with Crippen LogP contribution < -0.4 is 10.6 Å². The van der Waals surface area contributed by atoms with Gasteiger partial charge in [0.2, 0.25) is 5.01 Å². The van der Waals surface area contributed by atoms with Crippen LogP contribution in [0.1, 0.15) is 76.5 Å². The molecule has 2 aromatic rings. The van der Waals surface area contributed by atoms with E-state index in [1.54, 1.807) is 24.3 Å². The van der Waals surface area contributed by atoms with Gasteiger partial charge in [-0.25, -0.2) is 0 Å². The highest BCUT2D eigenvalue weighted by Gasteiger charge is 2.28. The van der Waals surface area contributed by atoms with Gasteiger partial charge in [0.1, 0.15) is 5.01 Å². The van der Waals surface area contributed by atoms with Gasteiger partial charge in [-0.15, -0.1) is 10.2 Å². The van der Waals surface area contributed by atoms with Crippen LogP contribution in [0.2, 0.25) is 0 Å². The van der Waals surface area contributed by atoms with Gasteiger partial charge in [-0.3, -0.25) is 9.59 Å². The molecule has 1 aliphatic heterocycles. The van der Waals surface area contributed by atoms with Crippen molar-refractivity contribution < 1.29 is 9.59 Å². The van der Waals surface area contributed by atoms with Crippen molar-refractivity contribution in [1.82, 2.24) is 20.4 Å². The van der Waals surface area contributed by atoms with E-state index in [9.17, 15) is 9.59 Å². The third kappa shape index (κ3) is 5.43. The largest absolute Gasteiger partial charge is 0.352 e. The lowest BCUT2D eigenvalue weighted by atomic mass is 10.0. The summed E-state index contributed by atoms with van der Waals surface area (Å²) in [4.78, 5) is 27.4. The van der Waals surface area contributed by atoms with Crippen LogP contribution in [0.25, 0.3) is 0 Å². The first kappa shape index (κ1) is 20.9. The second kappa shape index (κ2) is 9.66. The van der Waals surface area contributed by atoms with Gasteiger partial charge < -0.3 is 15.5 Å². The summed E-state index contributed by atoms with van der Waals surface area (Å²) in [6.45, 7) is 5.11. The first-order valence-corrected chi connectivity index (χ1v) is 11.7. The number of hydrogen-bond acceptors (Lipinski definition) is 6. The fourth-order valence-electron chi connectivity index (χ4n) is 3.82. The normalized spacial score (nSPS) is 19.4. The molecule has 0 spiro atoms. The Morgan fingerprint density at radius 2 is 2.03 bits per heavy atom. The average molecular weight is 428 g/mol. The summed E-state index contributed by atoms with van der Waals surface area (Å²) in [7, 11) is 0. The molecule has 1 aliphatic carbocycles. The van der Waals surface area contributed by atoms with Crippen molar-refractivity contribution in [1.29, 1.82) is 0 Å². The van der Waals surface area contributed by atoms with Crippen molar-refractivity contribution >= 4 is 28.8 Å². The molecule has 2 aliphatic rings. The second-order valence-electron chi connectivity index (χ2n) is 8.24. The smallest absolute Gasteiger partial charge is 0.286 e. The van der Waals surface area contributed by atoms with Crippen LogP contribution in [0.4, 0.5) is 5.69 Å². The van der Waals surface area contributed by atoms with Crippen molar-refractivity contribution in [2.75, 3.05) is 25.0 Å². The first-order chi connectivity index (χ1) is 14.6. The molecule has 2 amide bonds. The van der Waals surface area contributed by atoms with E-state index in [2.05, 4.69) is 32.7 Å². The summed E-state index contributed by atoms with van der Waals surface area (Å²) in [5, 5.41) is 15.2. The number of aromatic nitrogens is 2. The van der Waals surface area contributed by atoms with Gasteiger partial charge in [0.05, 0.1) is 0 Å². The third-order valence-corrected chi connectivity index (χ3v) is 6.88. The molecule has 1 unspecified atom stereocenters. The Labute approximate surface area is 181 Å². The number of carbonyl (C=O) groups is 2. The third-order valence-electron chi connectivity index (χ3n) is 5.79. The number of piperidine rings is 1. The summed E-state index contributed by atoms with van der Waals surface area (Å²) < 4.78 is 0. The van der Waals surface area contributed by atoms with Crippen LogP contribution >= 0.6 is 11.3 Å². The Hall–Kier alpha value is -2.32. The van der Waals surface area contributed by atoms with Gasteiger partial charge in [0.15, 0.2) is 0 Å². The maximum Gasteiger partial charge on any atom is 0.286 e. The fraction of sp³-hybridized carbons (Fsp3) is 0.545. The summed E-state index contributed by atoms with van der Waals surface area (Å²) in [6.07, 6.45) is 7.06. The lowest BCUT2D eigenvalue weighted by molar-refractivity contribution is 0.0947. The molecule has 0 radical (unpaired) electrons. The maximum absolute atomic E-state index is 12.5. The molecule has 8 heteroatoms. The summed E-state index contributed by atoms with van der Waals surface area (Å²) in [5.41, 5.74) is 1.12. The van der Waals surface area contributed by atoms with Gasteiger partial charge in [-0.1, -0.05) is 23.8 Å². The van der Waals surface area contributed by atoms with E-state index < -0.39 is 0 Å². The molecule has 4 rings (SSSR count). The Kier molecular flexibility index (Phi) is 6.74. The molecule has 1 aromatic heterocycles. The SMILES string of the molecule is CC1CCCCN1CCCNC(=O)c1cccc(NC(=O)c2nnc(C3CC3)s2)c1. The molecule has 1 saturated carbocycles. The van der Waals surface area contributed by atoms with Gasteiger partial charge in [-0.05, 0) is 63.8 Å². The molecule has 1 atom stereocenters. The lowest BCUT2D eigenvalue weighted by Gasteiger charge is -2.33. The van der Waals surface area contributed by atoms with Gasteiger partial charge in [-0.2, -0.15) is 0 Å². The van der Waals surface area contributed by atoms with Crippen LogP contribution in [0.3, 0.4) is 0 Å². The standard InChI is InChI=1S/C22H29N5O2S/c1-15-6-2-3-12-27(15)13-5-11-23-19(28)17-7-4-8-18(14-17)24-20(29)22-26-25-21(30-22)16-9-10-16/h4,7-8,14-16H,2-3,5-6,9-13H2,1H3,(H,23,28)(H,24,29). The molecular weight excluding hydrogens is 398 g/mol. The van der Waals surface area contributed by atoms with E-state index >= 15 is 0 Å². The van der Waals surface area contributed by atoms with E-state index in [1.165, 1.54) is 30.6 Å². The monoisotopic (exact) mass is 427 g/mol. The highest BCUT2D eigenvalue weighted by molar-refractivity contribution is 7.13. The molecule has 2 N–H and O–H groups in total.